The SMILES string of the molecule is C[C@H]1C(=O)N(c2ccc3c(c2)OCO3)CCN1C(=O)c1cccc(F)c1. The number of rotatable bonds is 2. The van der Waals surface area contributed by atoms with Crippen LogP contribution in [0.3, 0.4) is 0 Å². The highest BCUT2D eigenvalue weighted by atomic mass is 19.1. The number of halogens is 1. The van der Waals surface area contributed by atoms with Gasteiger partial charge in [-0.15, -0.1) is 0 Å². The standard InChI is InChI=1S/C19H17FN2O4/c1-12-18(23)22(15-5-6-16-17(10-15)26-11-25-16)8-7-21(12)19(24)13-3-2-4-14(20)9-13/h2-6,9-10,12H,7-8,11H2,1H3/t12-/m0/s1. The van der Waals surface area contributed by atoms with Crippen LogP contribution in [0.2, 0.25) is 0 Å². The van der Waals surface area contributed by atoms with Gasteiger partial charge in [0.15, 0.2) is 11.5 Å². The van der Waals surface area contributed by atoms with E-state index in [4.69, 9.17) is 9.47 Å². The highest BCUT2D eigenvalue weighted by Gasteiger charge is 2.35. The molecule has 2 amide bonds. The predicted molar refractivity (Wildman–Crippen MR) is 91.8 cm³/mol. The first-order valence-electron chi connectivity index (χ1n) is 8.32. The van der Waals surface area contributed by atoms with E-state index < -0.39 is 11.9 Å². The molecule has 0 unspecified atom stereocenters. The number of piperazine rings is 1. The van der Waals surface area contributed by atoms with E-state index in [1.165, 1.54) is 23.1 Å². The van der Waals surface area contributed by atoms with Crippen LogP contribution >= 0.6 is 0 Å². The Morgan fingerprint density at radius 1 is 1.12 bits per heavy atom. The van der Waals surface area contributed by atoms with Gasteiger partial charge in [0, 0.05) is 30.4 Å². The highest BCUT2D eigenvalue weighted by Crippen LogP contribution is 2.36. The lowest BCUT2D eigenvalue weighted by atomic mass is 10.1. The average Bonchev–Trinajstić information content (AvgIpc) is 3.11. The minimum absolute atomic E-state index is 0.166. The molecule has 0 saturated carbocycles. The van der Waals surface area contributed by atoms with E-state index in [2.05, 4.69) is 0 Å². The molecule has 7 heteroatoms. The molecule has 2 heterocycles. The monoisotopic (exact) mass is 356 g/mol. The Morgan fingerprint density at radius 3 is 2.73 bits per heavy atom. The number of carbonyl (C=O) groups excluding carboxylic acids is 2. The molecule has 0 aromatic heterocycles. The smallest absolute Gasteiger partial charge is 0.254 e. The number of nitrogens with zero attached hydrogens (tertiary/aromatic N) is 2. The summed E-state index contributed by atoms with van der Waals surface area (Å²) >= 11 is 0. The van der Waals surface area contributed by atoms with Crippen LogP contribution in [0.15, 0.2) is 42.5 Å². The van der Waals surface area contributed by atoms with Gasteiger partial charge >= 0.3 is 0 Å². The molecule has 2 aromatic carbocycles. The summed E-state index contributed by atoms with van der Waals surface area (Å²) in [5.74, 6) is 0.222. The van der Waals surface area contributed by atoms with Crippen LogP contribution in [-0.2, 0) is 4.79 Å². The molecule has 0 radical (unpaired) electrons. The zero-order valence-corrected chi connectivity index (χ0v) is 14.1. The largest absolute Gasteiger partial charge is 0.454 e. The second-order valence-corrected chi connectivity index (χ2v) is 6.21. The summed E-state index contributed by atoms with van der Waals surface area (Å²) < 4.78 is 24.0. The Kier molecular flexibility index (Phi) is 3.99. The fourth-order valence-corrected chi connectivity index (χ4v) is 3.24. The molecule has 2 aliphatic rings. The number of anilines is 1. The third-order valence-corrected chi connectivity index (χ3v) is 4.66. The van der Waals surface area contributed by atoms with Crippen molar-refractivity contribution in [2.24, 2.45) is 0 Å². The Morgan fingerprint density at radius 2 is 1.92 bits per heavy atom. The van der Waals surface area contributed by atoms with Crippen LogP contribution in [0.5, 0.6) is 11.5 Å². The van der Waals surface area contributed by atoms with Crippen molar-refractivity contribution in [3.8, 4) is 11.5 Å². The summed E-state index contributed by atoms with van der Waals surface area (Å²) in [6.07, 6.45) is 0. The number of fused-ring (bicyclic) bond motifs is 1. The minimum Gasteiger partial charge on any atom is -0.454 e. The first-order valence-corrected chi connectivity index (χ1v) is 8.32. The maximum atomic E-state index is 13.4. The van der Waals surface area contributed by atoms with E-state index >= 15 is 0 Å². The highest BCUT2D eigenvalue weighted by molar-refractivity contribution is 6.03. The van der Waals surface area contributed by atoms with Crippen molar-refractivity contribution in [3.05, 3.63) is 53.8 Å². The molecule has 0 aliphatic carbocycles. The molecule has 4 rings (SSSR count). The number of carbonyl (C=O) groups is 2. The van der Waals surface area contributed by atoms with Crippen molar-refractivity contribution in [3.63, 3.8) is 0 Å². The van der Waals surface area contributed by atoms with E-state index in [-0.39, 0.29) is 24.2 Å². The summed E-state index contributed by atoms with van der Waals surface area (Å²) in [5.41, 5.74) is 0.935. The van der Waals surface area contributed by atoms with Crippen LogP contribution in [-0.4, -0.2) is 42.6 Å². The molecular weight excluding hydrogens is 339 g/mol. The Balaban J connectivity index is 1.54. The van der Waals surface area contributed by atoms with Crippen molar-refractivity contribution < 1.29 is 23.5 Å². The summed E-state index contributed by atoms with van der Waals surface area (Å²) in [6, 6.07) is 10.2. The van der Waals surface area contributed by atoms with Crippen molar-refractivity contribution in [1.82, 2.24) is 4.90 Å². The van der Waals surface area contributed by atoms with E-state index in [0.29, 0.717) is 30.3 Å². The molecule has 2 aromatic rings. The molecule has 1 saturated heterocycles. The van der Waals surface area contributed by atoms with Gasteiger partial charge < -0.3 is 19.3 Å². The molecule has 0 spiro atoms. The Labute approximate surface area is 149 Å². The molecule has 1 atom stereocenters. The third-order valence-electron chi connectivity index (χ3n) is 4.66. The average molecular weight is 356 g/mol. The second kappa shape index (κ2) is 6.33. The molecule has 26 heavy (non-hydrogen) atoms. The van der Waals surface area contributed by atoms with E-state index in [1.807, 2.05) is 0 Å². The van der Waals surface area contributed by atoms with Gasteiger partial charge in [-0.3, -0.25) is 9.59 Å². The van der Waals surface area contributed by atoms with Gasteiger partial charge in [-0.1, -0.05) is 6.07 Å². The number of benzene rings is 2. The fourth-order valence-electron chi connectivity index (χ4n) is 3.24. The maximum absolute atomic E-state index is 13.4. The maximum Gasteiger partial charge on any atom is 0.254 e. The molecule has 0 N–H and O–H groups in total. The molecule has 6 nitrogen and oxygen atoms in total. The topological polar surface area (TPSA) is 59.1 Å². The van der Waals surface area contributed by atoms with Gasteiger partial charge in [0.05, 0.1) is 0 Å². The first-order chi connectivity index (χ1) is 12.5. The van der Waals surface area contributed by atoms with E-state index in [0.717, 1.165) is 0 Å². The van der Waals surface area contributed by atoms with E-state index in [9.17, 15) is 14.0 Å². The Hall–Kier alpha value is -3.09. The second-order valence-electron chi connectivity index (χ2n) is 6.21. The molecule has 134 valence electrons. The van der Waals surface area contributed by atoms with Gasteiger partial charge in [-0.05, 0) is 37.3 Å². The summed E-state index contributed by atoms with van der Waals surface area (Å²) in [7, 11) is 0. The molecule has 2 aliphatic heterocycles. The summed E-state index contributed by atoms with van der Waals surface area (Å²) in [6.45, 7) is 2.55. The normalized spacial score (nSPS) is 19.0. The first kappa shape index (κ1) is 16.4. The van der Waals surface area contributed by atoms with E-state index in [1.54, 1.807) is 36.1 Å². The lowest BCUT2D eigenvalue weighted by molar-refractivity contribution is -0.124. The minimum atomic E-state index is -0.648. The predicted octanol–water partition coefficient (Wildman–Crippen LogP) is 2.43. The van der Waals surface area contributed by atoms with Gasteiger partial charge in [-0.2, -0.15) is 0 Å². The summed E-state index contributed by atoms with van der Waals surface area (Å²) in [5, 5.41) is 0. The fraction of sp³-hybridized carbons (Fsp3) is 0.263. The number of ether oxygens (including phenoxy) is 2. The van der Waals surface area contributed by atoms with Crippen LogP contribution in [0.4, 0.5) is 10.1 Å². The van der Waals surface area contributed by atoms with Gasteiger partial charge in [0.1, 0.15) is 11.9 Å². The van der Waals surface area contributed by atoms with Gasteiger partial charge in [0.2, 0.25) is 12.7 Å². The van der Waals surface area contributed by atoms with Crippen molar-refractivity contribution in [2.75, 3.05) is 24.8 Å². The Bertz CT molecular complexity index is 886. The molecule has 0 bridgehead atoms. The van der Waals surface area contributed by atoms with Crippen molar-refractivity contribution in [1.29, 1.82) is 0 Å². The zero-order valence-electron chi connectivity index (χ0n) is 14.1. The molecular formula is C19H17FN2O4. The zero-order chi connectivity index (χ0) is 18.3. The van der Waals surface area contributed by atoms with Gasteiger partial charge in [0.25, 0.3) is 5.91 Å². The van der Waals surface area contributed by atoms with Gasteiger partial charge in [-0.25, -0.2) is 4.39 Å². The van der Waals surface area contributed by atoms with Crippen LogP contribution in [0.25, 0.3) is 0 Å². The number of hydrogen-bond acceptors (Lipinski definition) is 4. The van der Waals surface area contributed by atoms with Crippen molar-refractivity contribution >= 4 is 17.5 Å². The summed E-state index contributed by atoms with van der Waals surface area (Å²) in [4.78, 5) is 28.6. The van der Waals surface area contributed by atoms with Crippen LogP contribution in [0, 0.1) is 5.82 Å². The van der Waals surface area contributed by atoms with Crippen molar-refractivity contribution in [2.45, 2.75) is 13.0 Å². The quantitative estimate of drug-likeness (QED) is 0.829. The molecule has 1 fully saturated rings. The lowest BCUT2D eigenvalue weighted by Gasteiger charge is -2.39. The number of hydrogen-bond donors (Lipinski definition) is 0. The van der Waals surface area contributed by atoms with Crippen LogP contribution in [0.1, 0.15) is 17.3 Å². The number of amides is 2. The lowest BCUT2D eigenvalue weighted by Crippen LogP contribution is -2.57. The van der Waals surface area contributed by atoms with Crippen LogP contribution < -0.4 is 14.4 Å². The third kappa shape index (κ3) is 2.75.